The fourth-order valence-corrected chi connectivity index (χ4v) is 1.70. The summed E-state index contributed by atoms with van der Waals surface area (Å²) in [4.78, 5) is 15.9. The molecule has 2 rings (SSSR count). The molecule has 2 aromatic heterocycles. The Balaban J connectivity index is 2.24. The normalized spacial score (nSPS) is 10.3. The van der Waals surface area contributed by atoms with Crippen LogP contribution in [0.25, 0.3) is 0 Å². The number of nitrogen functional groups attached to an aromatic ring is 1. The van der Waals surface area contributed by atoms with Crippen LogP contribution in [-0.2, 0) is 13.5 Å². The van der Waals surface area contributed by atoms with E-state index in [1.54, 1.807) is 29.2 Å². The average Bonchev–Trinajstić information content (AvgIpc) is 2.70. The van der Waals surface area contributed by atoms with Gasteiger partial charge in [0.25, 0.3) is 5.91 Å². The van der Waals surface area contributed by atoms with Crippen molar-refractivity contribution in [3.8, 4) is 0 Å². The van der Waals surface area contributed by atoms with Crippen molar-refractivity contribution in [1.82, 2.24) is 14.8 Å². The van der Waals surface area contributed by atoms with Gasteiger partial charge in [0.15, 0.2) is 0 Å². The van der Waals surface area contributed by atoms with Gasteiger partial charge < -0.3 is 11.1 Å². The lowest BCUT2D eigenvalue weighted by atomic mass is 10.2. The number of aromatic nitrogens is 3. The van der Waals surface area contributed by atoms with Gasteiger partial charge in [-0.2, -0.15) is 5.10 Å². The number of nitrogens with zero attached hydrogens (tertiary/aromatic N) is 3. The summed E-state index contributed by atoms with van der Waals surface area (Å²) in [5.74, 6) is -0.0553. The highest BCUT2D eigenvalue weighted by Gasteiger charge is 2.13. The molecule has 0 saturated heterocycles. The van der Waals surface area contributed by atoms with Crippen molar-refractivity contribution in [2.75, 3.05) is 11.1 Å². The highest BCUT2D eigenvalue weighted by molar-refractivity contribution is 6.07. The zero-order chi connectivity index (χ0) is 13.1. The molecule has 0 unspecified atom stereocenters. The fraction of sp³-hybridized carbons (Fsp3) is 0.250. The molecule has 2 aromatic rings. The summed E-state index contributed by atoms with van der Waals surface area (Å²) in [6.07, 6.45) is 4.07. The third kappa shape index (κ3) is 2.32. The third-order valence-corrected chi connectivity index (χ3v) is 2.57. The molecule has 0 fully saturated rings. The molecule has 18 heavy (non-hydrogen) atoms. The van der Waals surface area contributed by atoms with Gasteiger partial charge in [-0.05, 0) is 18.6 Å². The van der Waals surface area contributed by atoms with E-state index in [0.717, 1.165) is 12.1 Å². The van der Waals surface area contributed by atoms with E-state index in [9.17, 15) is 4.79 Å². The second-order valence-electron chi connectivity index (χ2n) is 3.91. The number of nitrogens with two attached hydrogens (primary N) is 1. The van der Waals surface area contributed by atoms with Crippen LogP contribution in [0.15, 0.2) is 24.5 Å². The van der Waals surface area contributed by atoms with Gasteiger partial charge in [-0.3, -0.25) is 9.48 Å². The largest absolute Gasteiger partial charge is 0.383 e. The minimum absolute atomic E-state index is 0.219. The van der Waals surface area contributed by atoms with Gasteiger partial charge in [0.1, 0.15) is 5.82 Å². The number of hydrogen-bond donors (Lipinski definition) is 2. The smallest absolute Gasteiger partial charge is 0.259 e. The summed E-state index contributed by atoms with van der Waals surface area (Å²) in [5.41, 5.74) is 7.57. The Kier molecular flexibility index (Phi) is 3.27. The van der Waals surface area contributed by atoms with Crippen LogP contribution in [0.3, 0.4) is 0 Å². The van der Waals surface area contributed by atoms with Gasteiger partial charge in [-0.1, -0.05) is 6.92 Å². The van der Waals surface area contributed by atoms with E-state index >= 15 is 0 Å². The van der Waals surface area contributed by atoms with Gasteiger partial charge in [0.05, 0.1) is 16.9 Å². The van der Waals surface area contributed by atoms with Crippen LogP contribution in [0.2, 0.25) is 0 Å². The summed E-state index contributed by atoms with van der Waals surface area (Å²) in [7, 11) is 1.81. The first-order chi connectivity index (χ1) is 8.61. The molecule has 0 aromatic carbocycles. The van der Waals surface area contributed by atoms with Gasteiger partial charge in [0.2, 0.25) is 0 Å². The maximum Gasteiger partial charge on any atom is 0.259 e. The van der Waals surface area contributed by atoms with Crippen LogP contribution in [0.1, 0.15) is 23.0 Å². The second-order valence-corrected chi connectivity index (χ2v) is 3.91. The van der Waals surface area contributed by atoms with E-state index in [2.05, 4.69) is 15.4 Å². The van der Waals surface area contributed by atoms with Crippen LogP contribution in [-0.4, -0.2) is 20.7 Å². The number of amides is 1. The SMILES string of the molecule is CCc1nn(C)cc1NC(=O)c1cccnc1N. The standard InChI is InChI=1S/C12H15N5O/c1-3-9-10(7-17(2)16-9)15-12(18)8-5-4-6-14-11(8)13/h4-7H,3H2,1-2H3,(H2,13,14)(H,15,18). The number of hydrogen-bond acceptors (Lipinski definition) is 4. The lowest BCUT2D eigenvalue weighted by Gasteiger charge is -2.05. The molecule has 6 nitrogen and oxygen atoms in total. The Hall–Kier alpha value is -2.37. The number of anilines is 2. The van der Waals surface area contributed by atoms with Crippen molar-refractivity contribution >= 4 is 17.4 Å². The van der Waals surface area contributed by atoms with Crippen molar-refractivity contribution in [2.45, 2.75) is 13.3 Å². The maximum absolute atomic E-state index is 12.0. The predicted octanol–water partition coefficient (Wildman–Crippen LogP) is 1.21. The molecule has 0 aliphatic rings. The number of nitrogens with one attached hydrogen (secondary N) is 1. The Labute approximate surface area is 105 Å². The van der Waals surface area contributed by atoms with Crippen LogP contribution in [0.5, 0.6) is 0 Å². The van der Waals surface area contributed by atoms with E-state index < -0.39 is 0 Å². The van der Waals surface area contributed by atoms with E-state index in [-0.39, 0.29) is 11.7 Å². The predicted molar refractivity (Wildman–Crippen MR) is 69.2 cm³/mol. The topological polar surface area (TPSA) is 85.8 Å². The molecule has 0 spiro atoms. The van der Waals surface area contributed by atoms with Gasteiger partial charge in [-0.25, -0.2) is 4.98 Å². The van der Waals surface area contributed by atoms with E-state index in [0.29, 0.717) is 11.3 Å². The van der Waals surface area contributed by atoms with Crippen molar-refractivity contribution < 1.29 is 4.79 Å². The Morgan fingerprint density at radius 1 is 1.56 bits per heavy atom. The second kappa shape index (κ2) is 4.87. The summed E-state index contributed by atoms with van der Waals surface area (Å²) in [6.45, 7) is 1.98. The minimum Gasteiger partial charge on any atom is -0.383 e. The molecule has 0 atom stereocenters. The van der Waals surface area contributed by atoms with Crippen LogP contribution >= 0.6 is 0 Å². The van der Waals surface area contributed by atoms with Crippen LogP contribution < -0.4 is 11.1 Å². The number of aryl methyl sites for hydroxylation is 2. The number of carbonyl (C=O) groups excluding carboxylic acids is 1. The number of pyridine rings is 1. The fourth-order valence-electron chi connectivity index (χ4n) is 1.70. The first-order valence-electron chi connectivity index (χ1n) is 5.66. The molecule has 1 amide bonds. The molecule has 0 aliphatic heterocycles. The molecular formula is C12H15N5O. The molecular weight excluding hydrogens is 230 g/mol. The van der Waals surface area contributed by atoms with Gasteiger partial charge >= 0.3 is 0 Å². The Morgan fingerprint density at radius 3 is 3.00 bits per heavy atom. The Bertz CT molecular complexity index is 576. The summed E-state index contributed by atoms with van der Waals surface area (Å²) in [6, 6.07) is 3.31. The van der Waals surface area contributed by atoms with Gasteiger partial charge in [-0.15, -0.1) is 0 Å². The molecule has 94 valence electrons. The quantitative estimate of drug-likeness (QED) is 0.851. The summed E-state index contributed by atoms with van der Waals surface area (Å²) < 4.78 is 1.67. The molecule has 0 aliphatic carbocycles. The van der Waals surface area contributed by atoms with Crippen LogP contribution in [0, 0.1) is 0 Å². The molecule has 6 heteroatoms. The van der Waals surface area contributed by atoms with E-state index in [1.165, 1.54) is 0 Å². The van der Waals surface area contributed by atoms with Crippen molar-refractivity contribution in [3.63, 3.8) is 0 Å². The van der Waals surface area contributed by atoms with Crippen LogP contribution in [0.4, 0.5) is 11.5 Å². The van der Waals surface area contributed by atoms with Gasteiger partial charge in [0, 0.05) is 19.4 Å². The number of rotatable bonds is 3. The van der Waals surface area contributed by atoms with Crippen molar-refractivity contribution in [3.05, 3.63) is 35.8 Å². The molecule has 3 N–H and O–H groups in total. The molecule has 0 saturated carbocycles. The highest BCUT2D eigenvalue weighted by Crippen LogP contribution is 2.16. The summed E-state index contributed by atoms with van der Waals surface area (Å²) in [5, 5.41) is 7.05. The minimum atomic E-state index is -0.275. The Morgan fingerprint density at radius 2 is 2.33 bits per heavy atom. The van der Waals surface area contributed by atoms with Crippen molar-refractivity contribution in [2.24, 2.45) is 7.05 Å². The number of carbonyl (C=O) groups is 1. The third-order valence-electron chi connectivity index (χ3n) is 2.57. The molecule has 2 heterocycles. The van der Waals surface area contributed by atoms with E-state index in [4.69, 9.17) is 5.73 Å². The monoisotopic (exact) mass is 245 g/mol. The highest BCUT2D eigenvalue weighted by atomic mass is 16.1. The molecule has 0 bridgehead atoms. The van der Waals surface area contributed by atoms with Crippen molar-refractivity contribution in [1.29, 1.82) is 0 Å². The van der Waals surface area contributed by atoms with E-state index in [1.807, 2.05) is 14.0 Å². The maximum atomic E-state index is 12.0. The lowest BCUT2D eigenvalue weighted by molar-refractivity contribution is 0.102. The first-order valence-corrected chi connectivity index (χ1v) is 5.66. The lowest BCUT2D eigenvalue weighted by Crippen LogP contribution is -2.15. The summed E-state index contributed by atoms with van der Waals surface area (Å²) >= 11 is 0. The zero-order valence-corrected chi connectivity index (χ0v) is 10.3. The molecule has 0 radical (unpaired) electrons. The zero-order valence-electron chi connectivity index (χ0n) is 10.3. The average molecular weight is 245 g/mol. The first kappa shape index (κ1) is 12.1.